The van der Waals surface area contributed by atoms with Gasteiger partial charge >= 0.3 is 16.5 Å². The van der Waals surface area contributed by atoms with Gasteiger partial charge in [0, 0.05) is 12.8 Å². The summed E-state index contributed by atoms with van der Waals surface area (Å²) in [6.07, 6.45) is -0.0556. The molecule has 15 heavy (non-hydrogen) atoms. The van der Waals surface area contributed by atoms with Crippen LogP contribution in [0.3, 0.4) is 0 Å². The third-order valence-corrected chi connectivity index (χ3v) is 0.892. The Labute approximate surface area is 99.6 Å². The van der Waals surface area contributed by atoms with Crippen molar-refractivity contribution >= 4 is 11.6 Å². The summed E-state index contributed by atoms with van der Waals surface area (Å²) in [5.41, 5.74) is 0. The quantitative estimate of drug-likeness (QED) is 0.510. The van der Waals surface area contributed by atoms with E-state index >= 15 is 0 Å². The maximum Gasteiger partial charge on any atom is 2.00 e. The maximum absolute atomic E-state index is 9.99. The smallest absolute Gasteiger partial charge is 0.876 e. The van der Waals surface area contributed by atoms with Crippen LogP contribution in [0.5, 0.6) is 0 Å². The number of allylic oxidation sites excluding steroid dienone is 2. The van der Waals surface area contributed by atoms with Crippen LogP contribution in [0.4, 0.5) is 0 Å². The number of carbonyl (C=O) groups excluding carboxylic acids is 2. The van der Waals surface area contributed by atoms with E-state index in [-0.39, 0.29) is 52.4 Å². The van der Waals surface area contributed by atoms with Gasteiger partial charge in [0.2, 0.25) is 0 Å². The van der Waals surface area contributed by atoms with Gasteiger partial charge in [-0.3, -0.25) is 9.59 Å². The first-order valence-electron chi connectivity index (χ1n) is 3.94. The molecule has 4 nitrogen and oxygen atoms in total. The minimum atomic E-state index is -0.312. The van der Waals surface area contributed by atoms with Crippen LogP contribution in [-0.2, 0) is 26.1 Å². The van der Waals surface area contributed by atoms with Gasteiger partial charge in [-0.1, -0.05) is 0 Å². The second-order valence-corrected chi connectivity index (χ2v) is 2.83. The number of ketones is 2. The summed E-state index contributed by atoms with van der Waals surface area (Å²) in [6.45, 7) is 8.77. The molecule has 88 valence electrons. The number of carbonyl (C=O) groups is 2. The summed E-state index contributed by atoms with van der Waals surface area (Å²) in [7, 11) is 0. The average molecular weight is 257 g/mol. The minimum absolute atomic E-state index is 0. The molecule has 0 amide bonds. The Hall–Kier alpha value is -1.09. The first-order chi connectivity index (χ1) is 6.25. The predicted molar refractivity (Wildman–Crippen MR) is 48.9 cm³/mol. The van der Waals surface area contributed by atoms with Crippen LogP contribution >= 0.6 is 0 Å². The van der Waals surface area contributed by atoms with E-state index in [9.17, 15) is 19.8 Å². The molecule has 0 fully saturated rings. The van der Waals surface area contributed by atoms with Crippen molar-refractivity contribution < 1.29 is 36.3 Å². The molecule has 0 N–H and O–H groups in total. The topological polar surface area (TPSA) is 80.3 Å². The predicted octanol–water partition coefficient (Wildman–Crippen LogP) is -0.323. The Morgan fingerprint density at radius 3 is 1.13 bits per heavy atom. The zero-order valence-electron chi connectivity index (χ0n) is 8.78. The van der Waals surface area contributed by atoms with E-state index in [4.69, 9.17) is 0 Å². The summed E-state index contributed by atoms with van der Waals surface area (Å²) < 4.78 is 0. The van der Waals surface area contributed by atoms with Crippen molar-refractivity contribution in [2.75, 3.05) is 0 Å². The zero-order chi connectivity index (χ0) is 11.7. The molecule has 0 spiro atoms. The molecule has 0 aliphatic carbocycles. The molecule has 0 saturated heterocycles. The number of rotatable bonds is 4. The fraction of sp³-hybridized carbons (Fsp3) is 0.400. The summed E-state index contributed by atoms with van der Waals surface area (Å²) in [5.74, 6) is -0.875. The Bertz CT molecular complexity index is 196. The van der Waals surface area contributed by atoms with Gasteiger partial charge in [0.1, 0.15) is 11.6 Å². The van der Waals surface area contributed by atoms with Crippen LogP contribution in [0.2, 0.25) is 0 Å². The number of Topliss-reactive ketones (excluding diaryl/α,β-unsaturated/α-hetero) is 2. The van der Waals surface area contributed by atoms with Crippen molar-refractivity contribution in [1.29, 1.82) is 0 Å². The van der Waals surface area contributed by atoms with Crippen LogP contribution in [0, 0.1) is 0 Å². The van der Waals surface area contributed by atoms with E-state index in [1.165, 1.54) is 13.8 Å². The van der Waals surface area contributed by atoms with Crippen LogP contribution in [0.1, 0.15) is 26.7 Å². The van der Waals surface area contributed by atoms with E-state index < -0.39 is 0 Å². The molecule has 0 heterocycles. The van der Waals surface area contributed by atoms with Crippen molar-refractivity contribution in [1.82, 2.24) is 0 Å². The normalized spacial score (nSPS) is 7.60. The molecule has 0 atom stereocenters. The molecule has 0 aromatic carbocycles. The summed E-state index contributed by atoms with van der Waals surface area (Å²) in [5, 5.41) is 19.8. The third-order valence-electron chi connectivity index (χ3n) is 0.892. The Kier molecular flexibility index (Phi) is 14.3. The van der Waals surface area contributed by atoms with E-state index in [1.807, 2.05) is 0 Å². The summed E-state index contributed by atoms with van der Waals surface area (Å²) in [6, 6.07) is 0. The SMILES string of the molecule is C=C([O-])CC(C)=O.C=C([O-])CC(C)=O.[Ni+2]. The van der Waals surface area contributed by atoms with Gasteiger partial charge in [-0.15, -0.1) is 24.7 Å². The maximum atomic E-state index is 9.99. The molecule has 0 aromatic rings. The van der Waals surface area contributed by atoms with Gasteiger partial charge in [0.05, 0.1) is 0 Å². The number of hydrogen-bond donors (Lipinski definition) is 0. The molecule has 0 unspecified atom stereocenters. The molecular weight excluding hydrogens is 243 g/mol. The molecule has 0 aromatic heterocycles. The average Bonchev–Trinajstić information content (AvgIpc) is 1.79. The van der Waals surface area contributed by atoms with Gasteiger partial charge < -0.3 is 10.2 Å². The molecule has 0 rings (SSSR count). The van der Waals surface area contributed by atoms with Crippen LogP contribution < -0.4 is 10.2 Å². The Morgan fingerprint density at radius 2 is 1.13 bits per heavy atom. The van der Waals surface area contributed by atoms with Gasteiger partial charge in [0.15, 0.2) is 0 Å². The molecule has 0 radical (unpaired) electrons. The molecule has 0 aliphatic rings. The van der Waals surface area contributed by atoms with E-state index in [0.29, 0.717) is 0 Å². The number of hydrogen-bond acceptors (Lipinski definition) is 4. The standard InChI is InChI=1S/2C5H8O2.Ni/c2*1-4(6)3-5(2)7;/h2*6H,1,3H2,2H3;/q;;+2/p-2. The molecule has 0 saturated carbocycles. The monoisotopic (exact) mass is 256 g/mol. The minimum Gasteiger partial charge on any atom is -0.876 e. The first kappa shape index (κ1) is 19.5. The van der Waals surface area contributed by atoms with Gasteiger partial charge in [-0.2, -0.15) is 0 Å². The molecule has 0 bridgehead atoms. The summed E-state index contributed by atoms with van der Waals surface area (Å²) >= 11 is 0. The van der Waals surface area contributed by atoms with E-state index in [2.05, 4.69) is 13.2 Å². The van der Waals surface area contributed by atoms with Crippen molar-refractivity contribution in [2.45, 2.75) is 26.7 Å². The van der Waals surface area contributed by atoms with Crippen LogP contribution in [-0.4, -0.2) is 11.6 Å². The van der Waals surface area contributed by atoms with Crippen LogP contribution in [0.25, 0.3) is 0 Å². The third kappa shape index (κ3) is 32.2. The Morgan fingerprint density at radius 1 is 0.933 bits per heavy atom. The zero-order valence-corrected chi connectivity index (χ0v) is 9.77. The van der Waals surface area contributed by atoms with Crippen LogP contribution in [0.15, 0.2) is 24.7 Å². The molecule has 0 aliphatic heterocycles. The van der Waals surface area contributed by atoms with Crippen molar-refractivity contribution in [3.63, 3.8) is 0 Å². The van der Waals surface area contributed by atoms with E-state index in [0.717, 1.165) is 0 Å². The van der Waals surface area contributed by atoms with Crippen molar-refractivity contribution in [3.8, 4) is 0 Å². The second kappa shape index (κ2) is 11.0. The van der Waals surface area contributed by atoms with Crippen molar-refractivity contribution in [2.24, 2.45) is 0 Å². The van der Waals surface area contributed by atoms with E-state index in [1.54, 1.807) is 0 Å². The molecule has 5 heteroatoms. The van der Waals surface area contributed by atoms with Gasteiger partial charge in [-0.25, -0.2) is 0 Å². The summed E-state index contributed by atoms with van der Waals surface area (Å²) in [4.78, 5) is 20.0. The first-order valence-corrected chi connectivity index (χ1v) is 3.94. The van der Waals surface area contributed by atoms with Gasteiger partial charge in [0.25, 0.3) is 0 Å². The Balaban J connectivity index is -0.000000180. The molecular formula is C10H14NiO4. The van der Waals surface area contributed by atoms with Crippen molar-refractivity contribution in [3.05, 3.63) is 24.7 Å². The fourth-order valence-electron chi connectivity index (χ4n) is 0.555. The largest absolute Gasteiger partial charge is 2.00 e. The fourth-order valence-corrected chi connectivity index (χ4v) is 0.555. The second-order valence-electron chi connectivity index (χ2n) is 2.83. The van der Waals surface area contributed by atoms with Gasteiger partial charge in [-0.05, 0) is 13.8 Å².